The van der Waals surface area contributed by atoms with Crippen molar-refractivity contribution in [1.82, 2.24) is 14.9 Å². The van der Waals surface area contributed by atoms with Crippen molar-refractivity contribution in [3.05, 3.63) is 30.1 Å². The lowest BCUT2D eigenvalue weighted by atomic mass is 9.97. The molecule has 1 aliphatic rings. The predicted molar refractivity (Wildman–Crippen MR) is 88.0 cm³/mol. The molecule has 1 fully saturated rings. The summed E-state index contributed by atoms with van der Waals surface area (Å²) in [6.07, 6.45) is -1.21. The molecule has 0 unspecified atom stereocenters. The first kappa shape index (κ1) is 17.4. The standard InChI is InChI=1S/C17H19F3N4O/c1-11(25)24-8-5-12(6-9-24)10-22-16-13-2-3-15(17(18,19)20)23-14(13)4-7-21-16/h2-4,7,12H,5-6,8-10H2,1H3,(H,21,22). The number of carbonyl (C=O) groups excluding carboxylic acids is 1. The van der Waals surface area contributed by atoms with E-state index in [0.717, 1.165) is 32.0 Å². The van der Waals surface area contributed by atoms with Gasteiger partial charge < -0.3 is 10.2 Å². The molecule has 1 N–H and O–H groups in total. The molecule has 0 aliphatic carbocycles. The van der Waals surface area contributed by atoms with E-state index in [4.69, 9.17) is 0 Å². The first-order valence-electron chi connectivity index (χ1n) is 8.17. The van der Waals surface area contributed by atoms with Crippen molar-refractivity contribution < 1.29 is 18.0 Å². The molecular weight excluding hydrogens is 333 g/mol. The second-order valence-electron chi connectivity index (χ2n) is 6.25. The first-order valence-corrected chi connectivity index (χ1v) is 8.17. The van der Waals surface area contributed by atoms with Crippen LogP contribution in [0.1, 0.15) is 25.5 Å². The molecule has 0 spiro atoms. The van der Waals surface area contributed by atoms with Crippen LogP contribution in [-0.2, 0) is 11.0 Å². The summed E-state index contributed by atoms with van der Waals surface area (Å²) < 4.78 is 38.3. The Morgan fingerprint density at radius 2 is 2.00 bits per heavy atom. The van der Waals surface area contributed by atoms with Gasteiger partial charge in [-0.1, -0.05) is 0 Å². The van der Waals surface area contributed by atoms with Gasteiger partial charge in [-0.05, 0) is 37.0 Å². The zero-order valence-corrected chi connectivity index (χ0v) is 13.8. The zero-order valence-electron chi connectivity index (χ0n) is 13.8. The highest BCUT2D eigenvalue weighted by molar-refractivity contribution is 5.89. The zero-order chi connectivity index (χ0) is 18.0. The van der Waals surface area contributed by atoms with Gasteiger partial charge in [-0.3, -0.25) is 4.79 Å². The average molecular weight is 352 g/mol. The molecule has 5 nitrogen and oxygen atoms in total. The quantitative estimate of drug-likeness (QED) is 0.921. The first-order chi connectivity index (χ1) is 11.8. The molecule has 0 aromatic carbocycles. The van der Waals surface area contributed by atoms with Gasteiger partial charge in [-0.15, -0.1) is 0 Å². The number of alkyl halides is 3. The molecule has 0 saturated carbocycles. The van der Waals surface area contributed by atoms with Crippen molar-refractivity contribution in [2.24, 2.45) is 5.92 Å². The number of hydrogen-bond acceptors (Lipinski definition) is 4. The average Bonchev–Trinajstić information content (AvgIpc) is 2.59. The molecule has 1 saturated heterocycles. The van der Waals surface area contributed by atoms with Crippen LogP contribution in [0.2, 0.25) is 0 Å². The van der Waals surface area contributed by atoms with Crippen LogP contribution in [0.4, 0.5) is 19.0 Å². The van der Waals surface area contributed by atoms with Crippen molar-refractivity contribution in [3.8, 4) is 0 Å². The number of aromatic nitrogens is 2. The van der Waals surface area contributed by atoms with E-state index in [0.29, 0.717) is 23.7 Å². The summed E-state index contributed by atoms with van der Waals surface area (Å²) >= 11 is 0. The summed E-state index contributed by atoms with van der Waals surface area (Å²) in [6.45, 7) is 3.71. The largest absolute Gasteiger partial charge is 0.433 e. The lowest BCUT2D eigenvalue weighted by Gasteiger charge is -2.31. The number of anilines is 1. The molecule has 2 aromatic heterocycles. The van der Waals surface area contributed by atoms with Gasteiger partial charge >= 0.3 is 6.18 Å². The maximum absolute atomic E-state index is 12.8. The van der Waals surface area contributed by atoms with E-state index in [1.54, 1.807) is 6.92 Å². The second-order valence-corrected chi connectivity index (χ2v) is 6.25. The summed E-state index contributed by atoms with van der Waals surface area (Å²) in [6, 6.07) is 3.85. The van der Waals surface area contributed by atoms with E-state index in [1.165, 1.54) is 18.3 Å². The van der Waals surface area contributed by atoms with Crippen molar-refractivity contribution >= 4 is 22.6 Å². The number of nitrogens with one attached hydrogen (secondary N) is 1. The number of halogens is 3. The Morgan fingerprint density at radius 3 is 2.64 bits per heavy atom. The minimum absolute atomic E-state index is 0.0914. The van der Waals surface area contributed by atoms with Gasteiger partial charge in [0.15, 0.2) is 0 Å². The van der Waals surface area contributed by atoms with Gasteiger partial charge in [0.2, 0.25) is 5.91 Å². The van der Waals surface area contributed by atoms with Crippen LogP contribution in [0.15, 0.2) is 24.4 Å². The van der Waals surface area contributed by atoms with Gasteiger partial charge in [-0.25, -0.2) is 9.97 Å². The Morgan fingerprint density at radius 1 is 1.28 bits per heavy atom. The topological polar surface area (TPSA) is 58.1 Å². The molecule has 0 atom stereocenters. The van der Waals surface area contributed by atoms with Gasteiger partial charge in [0, 0.05) is 38.1 Å². The van der Waals surface area contributed by atoms with Crippen LogP contribution < -0.4 is 5.32 Å². The van der Waals surface area contributed by atoms with Gasteiger partial charge in [0.1, 0.15) is 11.5 Å². The van der Waals surface area contributed by atoms with Crippen LogP contribution in [-0.4, -0.2) is 40.4 Å². The van der Waals surface area contributed by atoms with Crippen LogP contribution in [0.5, 0.6) is 0 Å². The Kier molecular flexibility index (Phi) is 4.78. The smallest absolute Gasteiger partial charge is 0.369 e. The van der Waals surface area contributed by atoms with E-state index in [-0.39, 0.29) is 11.4 Å². The molecule has 1 amide bonds. The Bertz CT molecular complexity index is 770. The monoisotopic (exact) mass is 352 g/mol. The van der Waals surface area contributed by atoms with Crippen LogP contribution >= 0.6 is 0 Å². The van der Waals surface area contributed by atoms with Crippen LogP contribution in [0, 0.1) is 5.92 Å². The summed E-state index contributed by atoms with van der Waals surface area (Å²) in [4.78, 5) is 21.1. The van der Waals surface area contributed by atoms with E-state index < -0.39 is 11.9 Å². The number of hydrogen-bond donors (Lipinski definition) is 1. The Hall–Kier alpha value is -2.38. The SMILES string of the molecule is CC(=O)N1CCC(CNc2nccc3nc(C(F)(F)F)ccc23)CC1. The third-order valence-corrected chi connectivity index (χ3v) is 4.52. The number of nitrogens with zero attached hydrogens (tertiary/aromatic N) is 3. The second kappa shape index (κ2) is 6.85. The number of amides is 1. The molecule has 3 rings (SSSR count). The maximum Gasteiger partial charge on any atom is 0.433 e. The molecule has 134 valence electrons. The fourth-order valence-corrected chi connectivity index (χ4v) is 3.05. The van der Waals surface area contributed by atoms with E-state index in [9.17, 15) is 18.0 Å². The molecule has 0 radical (unpaired) electrons. The predicted octanol–water partition coefficient (Wildman–Crippen LogP) is 3.32. The summed E-state index contributed by atoms with van der Waals surface area (Å²) in [5, 5.41) is 3.79. The van der Waals surface area contributed by atoms with Gasteiger partial charge in [0.05, 0.1) is 5.52 Å². The van der Waals surface area contributed by atoms with Crippen molar-refractivity contribution in [1.29, 1.82) is 0 Å². The van der Waals surface area contributed by atoms with Crippen molar-refractivity contribution in [3.63, 3.8) is 0 Å². The Balaban J connectivity index is 1.69. The molecule has 8 heteroatoms. The lowest BCUT2D eigenvalue weighted by molar-refractivity contribution is -0.141. The van der Waals surface area contributed by atoms with Crippen LogP contribution in [0.25, 0.3) is 10.9 Å². The normalized spacial score (nSPS) is 16.2. The number of carbonyl (C=O) groups is 1. The van der Waals surface area contributed by atoms with E-state index in [1.807, 2.05) is 4.90 Å². The third-order valence-electron chi connectivity index (χ3n) is 4.52. The molecular formula is C17H19F3N4O. The molecule has 2 aromatic rings. The number of piperidine rings is 1. The fraction of sp³-hybridized carbons (Fsp3) is 0.471. The minimum atomic E-state index is -4.46. The highest BCUT2D eigenvalue weighted by Crippen LogP contribution is 2.30. The number of pyridine rings is 2. The number of fused-ring (bicyclic) bond motifs is 1. The summed E-state index contributed by atoms with van der Waals surface area (Å²) in [7, 11) is 0. The number of likely N-dealkylation sites (tertiary alicyclic amines) is 1. The molecule has 25 heavy (non-hydrogen) atoms. The number of rotatable bonds is 3. The van der Waals surface area contributed by atoms with Gasteiger partial charge in [-0.2, -0.15) is 13.2 Å². The maximum atomic E-state index is 12.8. The summed E-state index contributed by atoms with van der Waals surface area (Å²) in [5.74, 6) is 1.02. The van der Waals surface area contributed by atoms with E-state index >= 15 is 0 Å². The molecule has 1 aliphatic heterocycles. The minimum Gasteiger partial charge on any atom is -0.369 e. The molecule has 0 bridgehead atoms. The van der Waals surface area contributed by atoms with Crippen molar-refractivity contribution in [2.45, 2.75) is 25.9 Å². The van der Waals surface area contributed by atoms with Crippen molar-refractivity contribution in [2.75, 3.05) is 25.0 Å². The summed E-state index contributed by atoms with van der Waals surface area (Å²) in [5.41, 5.74) is -0.646. The Labute approximate surface area is 143 Å². The third kappa shape index (κ3) is 4.00. The van der Waals surface area contributed by atoms with Gasteiger partial charge in [0.25, 0.3) is 0 Å². The fourth-order valence-electron chi connectivity index (χ4n) is 3.05. The van der Waals surface area contributed by atoms with Crippen LogP contribution in [0.3, 0.4) is 0 Å². The molecule has 3 heterocycles. The highest BCUT2D eigenvalue weighted by Gasteiger charge is 2.32. The van der Waals surface area contributed by atoms with E-state index in [2.05, 4.69) is 15.3 Å². The highest BCUT2D eigenvalue weighted by atomic mass is 19.4. The lowest BCUT2D eigenvalue weighted by Crippen LogP contribution is -2.38.